The van der Waals surface area contributed by atoms with Crippen LogP contribution in [0, 0.1) is 6.92 Å². The second-order valence-corrected chi connectivity index (χ2v) is 13.6. The topological polar surface area (TPSA) is 86.8 Å². The van der Waals surface area contributed by atoms with Gasteiger partial charge in [0.15, 0.2) is 0 Å². The Labute approximate surface area is 269 Å². The van der Waals surface area contributed by atoms with Crippen molar-refractivity contribution < 1.29 is 18.0 Å². The number of halogens is 1. The number of aryl methyl sites for hydroxylation is 1. The maximum Gasteiger partial charge on any atom is 0.264 e. The lowest BCUT2D eigenvalue weighted by Gasteiger charge is -2.34. The van der Waals surface area contributed by atoms with Gasteiger partial charge in [-0.15, -0.1) is 0 Å². The van der Waals surface area contributed by atoms with Gasteiger partial charge in [-0.2, -0.15) is 0 Å². The van der Waals surface area contributed by atoms with Crippen molar-refractivity contribution in [2.75, 3.05) is 10.8 Å². The molecule has 0 aliphatic rings. The molecule has 9 heteroatoms. The van der Waals surface area contributed by atoms with Crippen LogP contribution in [0.5, 0.6) is 0 Å². The number of para-hydroxylation sites is 1. The highest BCUT2D eigenvalue weighted by Crippen LogP contribution is 2.28. The minimum absolute atomic E-state index is 0.0740. The number of benzene rings is 4. The van der Waals surface area contributed by atoms with E-state index in [0.29, 0.717) is 11.3 Å². The van der Waals surface area contributed by atoms with E-state index in [1.54, 1.807) is 30.3 Å². The normalized spacial score (nSPS) is 12.6. The Balaban J connectivity index is 1.81. The highest BCUT2D eigenvalue weighted by atomic mass is 79.9. The lowest BCUT2D eigenvalue weighted by Crippen LogP contribution is -2.54. The Hall–Kier alpha value is -3.95. The van der Waals surface area contributed by atoms with Crippen molar-refractivity contribution in [2.24, 2.45) is 0 Å². The smallest absolute Gasteiger partial charge is 0.264 e. The zero-order valence-corrected chi connectivity index (χ0v) is 27.6. The molecule has 0 unspecified atom stereocenters. The molecule has 0 spiro atoms. The molecule has 0 aliphatic carbocycles. The predicted molar refractivity (Wildman–Crippen MR) is 179 cm³/mol. The van der Waals surface area contributed by atoms with Crippen LogP contribution in [0.1, 0.15) is 37.0 Å². The quantitative estimate of drug-likeness (QED) is 0.175. The van der Waals surface area contributed by atoms with Crippen molar-refractivity contribution in [3.8, 4) is 0 Å². The van der Waals surface area contributed by atoms with Crippen molar-refractivity contribution in [2.45, 2.75) is 57.1 Å². The zero-order valence-electron chi connectivity index (χ0n) is 25.2. The van der Waals surface area contributed by atoms with Gasteiger partial charge in [-0.25, -0.2) is 8.42 Å². The third-order valence-electron chi connectivity index (χ3n) is 7.51. The van der Waals surface area contributed by atoms with Crippen LogP contribution in [0.25, 0.3) is 0 Å². The molecule has 0 aromatic heterocycles. The van der Waals surface area contributed by atoms with Crippen LogP contribution in [0.15, 0.2) is 119 Å². The largest absolute Gasteiger partial charge is 0.352 e. The van der Waals surface area contributed by atoms with Gasteiger partial charge in [-0.05, 0) is 67.3 Å². The van der Waals surface area contributed by atoms with Gasteiger partial charge in [0.2, 0.25) is 11.8 Å². The number of anilines is 1. The van der Waals surface area contributed by atoms with Crippen LogP contribution in [-0.2, 0) is 32.6 Å². The molecule has 1 N–H and O–H groups in total. The molecule has 4 aromatic carbocycles. The van der Waals surface area contributed by atoms with Crippen molar-refractivity contribution >= 4 is 43.5 Å². The van der Waals surface area contributed by atoms with E-state index in [1.807, 2.05) is 87.5 Å². The second-order valence-electron chi connectivity index (χ2n) is 10.8. The molecule has 0 aliphatic heterocycles. The molecule has 0 saturated carbocycles. The summed E-state index contributed by atoms with van der Waals surface area (Å²) >= 11 is 3.51. The first kappa shape index (κ1) is 33.0. The van der Waals surface area contributed by atoms with E-state index in [2.05, 4.69) is 21.2 Å². The van der Waals surface area contributed by atoms with E-state index in [9.17, 15) is 18.0 Å². The lowest BCUT2D eigenvalue weighted by molar-refractivity contribution is -0.140. The first-order valence-electron chi connectivity index (χ1n) is 14.6. The van der Waals surface area contributed by atoms with Crippen LogP contribution >= 0.6 is 15.9 Å². The molecule has 0 radical (unpaired) electrons. The van der Waals surface area contributed by atoms with E-state index in [4.69, 9.17) is 0 Å². The van der Waals surface area contributed by atoms with Crippen LogP contribution in [0.3, 0.4) is 0 Å². The van der Waals surface area contributed by atoms with Gasteiger partial charge in [0.25, 0.3) is 10.0 Å². The van der Waals surface area contributed by atoms with Gasteiger partial charge >= 0.3 is 0 Å². The summed E-state index contributed by atoms with van der Waals surface area (Å²) in [6.07, 6.45) is 0.985. The first-order valence-corrected chi connectivity index (χ1v) is 16.8. The third-order valence-corrected chi connectivity index (χ3v) is 9.78. The average Bonchev–Trinajstić information content (AvgIpc) is 3.02. The number of sulfonamides is 1. The maximum atomic E-state index is 14.5. The molecule has 4 aromatic rings. The van der Waals surface area contributed by atoms with Gasteiger partial charge < -0.3 is 10.2 Å². The predicted octanol–water partition coefficient (Wildman–Crippen LogP) is 6.51. The summed E-state index contributed by atoms with van der Waals surface area (Å²) in [4.78, 5) is 30.0. The van der Waals surface area contributed by atoms with E-state index in [1.165, 1.54) is 17.0 Å². The molecule has 44 heavy (non-hydrogen) atoms. The Kier molecular flexibility index (Phi) is 11.4. The Bertz CT molecular complexity index is 1670. The van der Waals surface area contributed by atoms with E-state index in [-0.39, 0.29) is 29.8 Å². The van der Waals surface area contributed by atoms with Gasteiger partial charge in [0, 0.05) is 23.5 Å². The van der Waals surface area contributed by atoms with Crippen LogP contribution in [0.2, 0.25) is 0 Å². The number of hydrogen-bond donors (Lipinski definition) is 1. The average molecular weight is 677 g/mol. The minimum atomic E-state index is -4.13. The number of amides is 2. The van der Waals surface area contributed by atoms with Crippen molar-refractivity contribution in [1.82, 2.24) is 10.2 Å². The molecule has 0 bridgehead atoms. The van der Waals surface area contributed by atoms with Crippen LogP contribution in [-0.4, -0.2) is 43.8 Å². The SMILES string of the molecule is CC[C@H](C)NC(=O)[C@H](Cc1ccccc1)N(Cc1cccc(Br)c1)C(=O)CN(c1ccccc1C)S(=O)(=O)c1ccccc1. The number of nitrogens with zero attached hydrogens (tertiary/aromatic N) is 2. The molecule has 2 amide bonds. The summed E-state index contributed by atoms with van der Waals surface area (Å²) in [5, 5.41) is 3.06. The van der Waals surface area contributed by atoms with Gasteiger partial charge in [-0.1, -0.05) is 102 Å². The van der Waals surface area contributed by atoms with Crippen molar-refractivity contribution in [3.63, 3.8) is 0 Å². The fraction of sp³-hybridized carbons (Fsp3) is 0.257. The Morgan fingerprint density at radius 2 is 1.45 bits per heavy atom. The third kappa shape index (κ3) is 8.36. The summed E-state index contributed by atoms with van der Waals surface area (Å²) in [5.41, 5.74) is 2.79. The highest BCUT2D eigenvalue weighted by molar-refractivity contribution is 9.10. The fourth-order valence-electron chi connectivity index (χ4n) is 4.90. The standard InChI is InChI=1S/C35H38BrN3O4S/c1-4-27(3)37-35(41)33(23-28-15-7-5-8-16-28)38(24-29-17-13-18-30(36)22-29)34(40)25-39(32-21-12-11-14-26(32)2)44(42,43)31-19-9-6-10-20-31/h5-22,27,33H,4,23-25H2,1-3H3,(H,37,41)/t27-,33-/m0/s1. The fourth-order valence-corrected chi connectivity index (χ4v) is 6.85. The monoisotopic (exact) mass is 675 g/mol. The van der Waals surface area contributed by atoms with Crippen molar-refractivity contribution in [3.05, 3.63) is 130 Å². The summed E-state index contributed by atoms with van der Waals surface area (Å²) in [6, 6.07) is 31.2. The molecule has 4 rings (SSSR count). The van der Waals surface area contributed by atoms with E-state index in [0.717, 1.165) is 26.3 Å². The highest BCUT2D eigenvalue weighted by Gasteiger charge is 2.35. The zero-order chi connectivity index (χ0) is 31.7. The molecule has 7 nitrogen and oxygen atoms in total. The van der Waals surface area contributed by atoms with Gasteiger partial charge in [0.1, 0.15) is 12.6 Å². The number of carbonyl (C=O) groups excluding carboxylic acids is 2. The van der Waals surface area contributed by atoms with Gasteiger partial charge in [-0.3, -0.25) is 13.9 Å². The molecule has 230 valence electrons. The van der Waals surface area contributed by atoms with Crippen LogP contribution in [0.4, 0.5) is 5.69 Å². The molecule has 0 saturated heterocycles. The number of carbonyl (C=O) groups is 2. The van der Waals surface area contributed by atoms with Crippen molar-refractivity contribution in [1.29, 1.82) is 0 Å². The summed E-state index contributed by atoms with van der Waals surface area (Å²) < 4.78 is 30.2. The number of rotatable bonds is 13. The summed E-state index contributed by atoms with van der Waals surface area (Å²) in [7, 11) is -4.13. The Morgan fingerprint density at radius 3 is 2.09 bits per heavy atom. The molecule has 0 heterocycles. The number of hydrogen-bond acceptors (Lipinski definition) is 4. The number of nitrogens with one attached hydrogen (secondary N) is 1. The molecular weight excluding hydrogens is 638 g/mol. The second kappa shape index (κ2) is 15.2. The lowest BCUT2D eigenvalue weighted by atomic mass is 10.0. The minimum Gasteiger partial charge on any atom is -0.352 e. The van der Waals surface area contributed by atoms with E-state index < -0.39 is 28.5 Å². The first-order chi connectivity index (χ1) is 21.1. The summed E-state index contributed by atoms with van der Waals surface area (Å²) in [6.45, 7) is 5.33. The van der Waals surface area contributed by atoms with Crippen LogP contribution < -0.4 is 9.62 Å². The van der Waals surface area contributed by atoms with Gasteiger partial charge in [0.05, 0.1) is 10.6 Å². The molecule has 0 fully saturated rings. The summed E-state index contributed by atoms with van der Waals surface area (Å²) in [5.74, 6) is -0.784. The molecule has 2 atom stereocenters. The molecular formula is C35H38BrN3O4S. The maximum absolute atomic E-state index is 14.5. The Morgan fingerprint density at radius 1 is 0.841 bits per heavy atom. The van der Waals surface area contributed by atoms with E-state index >= 15 is 0 Å².